The number of benzene rings is 1. The van der Waals surface area contributed by atoms with E-state index in [1.807, 2.05) is 12.1 Å². The van der Waals surface area contributed by atoms with Gasteiger partial charge in [-0.15, -0.1) is 0 Å². The van der Waals surface area contributed by atoms with Crippen LogP contribution in [0, 0.1) is 0 Å². The number of hydrogen-bond donors (Lipinski definition) is 1. The van der Waals surface area contributed by atoms with Crippen LogP contribution in [-0.4, -0.2) is 32.3 Å². The molecule has 3 rings (SSSR count). The molecule has 0 spiro atoms. The van der Waals surface area contributed by atoms with E-state index in [-0.39, 0.29) is 0 Å². The Morgan fingerprint density at radius 3 is 2.90 bits per heavy atom. The Bertz CT molecular complexity index is 456. The first kappa shape index (κ1) is 14.2. The van der Waals surface area contributed by atoms with Crippen molar-refractivity contribution in [2.24, 2.45) is 0 Å². The van der Waals surface area contributed by atoms with Gasteiger partial charge in [0, 0.05) is 49.1 Å². The zero-order valence-electron chi connectivity index (χ0n) is 12.1. The normalized spacial score (nSPS) is 22.2. The van der Waals surface area contributed by atoms with E-state index >= 15 is 0 Å². The molecule has 0 radical (unpaired) electrons. The maximum Gasteiger partial charge on any atom is 0.0750 e. The van der Waals surface area contributed by atoms with Gasteiger partial charge < -0.3 is 15.0 Å². The lowest BCUT2D eigenvalue weighted by Gasteiger charge is -2.26. The van der Waals surface area contributed by atoms with Crippen LogP contribution in [0.3, 0.4) is 0 Å². The molecule has 3 nitrogen and oxygen atoms in total. The molecule has 2 aliphatic rings. The summed E-state index contributed by atoms with van der Waals surface area (Å²) in [7, 11) is 2.13. The molecule has 1 atom stereocenters. The fourth-order valence-corrected chi connectivity index (χ4v) is 3.04. The van der Waals surface area contributed by atoms with Crippen molar-refractivity contribution in [2.45, 2.75) is 44.4 Å². The summed E-state index contributed by atoms with van der Waals surface area (Å²) in [6.45, 7) is 2.70. The van der Waals surface area contributed by atoms with Crippen LogP contribution in [0.25, 0.3) is 0 Å². The first-order valence-corrected chi connectivity index (χ1v) is 7.95. The van der Waals surface area contributed by atoms with Gasteiger partial charge in [-0.2, -0.15) is 0 Å². The van der Waals surface area contributed by atoms with E-state index in [0.717, 1.165) is 24.7 Å². The second kappa shape index (κ2) is 6.33. The Hall–Kier alpha value is -0.770. The molecule has 2 fully saturated rings. The summed E-state index contributed by atoms with van der Waals surface area (Å²) in [6.07, 6.45) is 5.31. The van der Waals surface area contributed by atoms with Crippen LogP contribution in [0.15, 0.2) is 18.2 Å². The largest absolute Gasteiger partial charge is 0.376 e. The molecule has 0 bridgehead atoms. The van der Waals surface area contributed by atoms with Gasteiger partial charge in [-0.25, -0.2) is 0 Å². The smallest absolute Gasteiger partial charge is 0.0750 e. The molecule has 0 amide bonds. The van der Waals surface area contributed by atoms with Gasteiger partial charge in [0.2, 0.25) is 0 Å². The van der Waals surface area contributed by atoms with E-state index in [1.54, 1.807) is 0 Å². The van der Waals surface area contributed by atoms with Gasteiger partial charge in [0.15, 0.2) is 0 Å². The van der Waals surface area contributed by atoms with Gasteiger partial charge in [-0.3, -0.25) is 0 Å². The Balaban J connectivity index is 1.70. The molecule has 1 heterocycles. The minimum absolute atomic E-state index is 0.364. The number of likely N-dealkylation sites (N-methyl/N-ethyl adjacent to an activating group) is 1. The standard InChI is InChI=1S/C16H23ClN2O/c1-19(11-13-4-3-9-20-13)16-6-2-5-15(17)14(16)10-18-12-7-8-12/h2,5-6,12-13,18H,3-4,7-11H2,1H3. The molecular weight excluding hydrogens is 272 g/mol. The minimum Gasteiger partial charge on any atom is -0.376 e. The summed E-state index contributed by atoms with van der Waals surface area (Å²) in [5.41, 5.74) is 2.43. The number of hydrogen-bond acceptors (Lipinski definition) is 3. The predicted octanol–water partition coefficient (Wildman–Crippen LogP) is 3.21. The SMILES string of the molecule is CN(CC1CCCO1)c1cccc(Cl)c1CNC1CC1. The van der Waals surface area contributed by atoms with E-state index in [2.05, 4.69) is 23.3 Å². The molecule has 0 aromatic heterocycles. The molecule has 1 saturated carbocycles. The monoisotopic (exact) mass is 294 g/mol. The molecule has 1 aromatic carbocycles. The number of nitrogens with zero attached hydrogens (tertiary/aromatic N) is 1. The van der Waals surface area contributed by atoms with E-state index in [4.69, 9.17) is 16.3 Å². The van der Waals surface area contributed by atoms with Crippen LogP contribution in [0.4, 0.5) is 5.69 Å². The first-order valence-electron chi connectivity index (χ1n) is 7.57. The molecule has 20 heavy (non-hydrogen) atoms. The molecule has 1 aliphatic carbocycles. The molecule has 1 saturated heterocycles. The van der Waals surface area contributed by atoms with Gasteiger partial charge in [-0.1, -0.05) is 17.7 Å². The minimum atomic E-state index is 0.364. The van der Waals surface area contributed by atoms with Crippen molar-refractivity contribution in [3.05, 3.63) is 28.8 Å². The summed E-state index contributed by atoms with van der Waals surface area (Å²) in [6, 6.07) is 6.87. The second-order valence-electron chi connectivity index (χ2n) is 5.91. The molecular formula is C16H23ClN2O. The van der Waals surface area contributed by atoms with E-state index in [0.29, 0.717) is 12.1 Å². The Labute approximate surface area is 126 Å². The highest BCUT2D eigenvalue weighted by atomic mass is 35.5. The van der Waals surface area contributed by atoms with Crippen molar-refractivity contribution in [2.75, 3.05) is 25.1 Å². The highest BCUT2D eigenvalue weighted by molar-refractivity contribution is 6.31. The third kappa shape index (κ3) is 3.46. The van der Waals surface area contributed by atoms with Crippen molar-refractivity contribution in [1.29, 1.82) is 0 Å². The number of nitrogens with one attached hydrogen (secondary N) is 1. The molecule has 4 heteroatoms. The maximum atomic E-state index is 6.40. The van der Waals surface area contributed by atoms with Crippen LogP contribution in [0.2, 0.25) is 5.02 Å². The van der Waals surface area contributed by atoms with E-state index in [9.17, 15) is 0 Å². The zero-order valence-corrected chi connectivity index (χ0v) is 12.8. The van der Waals surface area contributed by atoms with Crippen LogP contribution in [-0.2, 0) is 11.3 Å². The second-order valence-corrected chi connectivity index (χ2v) is 6.32. The predicted molar refractivity (Wildman–Crippen MR) is 83.6 cm³/mol. The Kier molecular flexibility index (Phi) is 4.49. The summed E-state index contributed by atoms with van der Waals surface area (Å²) >= 11 is 6.40. The van der Waals surface area contributed by atoms with Gasteiger partial charge in [0.05, 0.1) is 6.10 Å². The topological polar surface area (TPSA) is 24.5 Å². The first-order chi connectivity index (χ1) is 9.74. The fourth-order valence-electron chi connectivity index (χ4n) is 2.81. The summed E-state index contributed by atoms with van der Waals surface area (Å²) < 4.78 is 5.73. The third-order valence-electron chi connectivity index (χ3n) is 4.15. The van der Waals surface area contributed by atoms with Gasteiger partial charge in [0.1, 0.15) is 0 Å². The number of rotatable bonds is 6. The quantitative estimate of drug-likeness (QED) is 0.872. The highest BCUT2D eigenvalue weighted by Crippen LogP contribution is 2.29. The van der Waals surface area contributed by atoms with Gasteiger partial charge in [-0.05, 0) is 37.8 Å². The Morgan fingerprint density at radius 2 is 2.20 bits per heavy atom. The molecule has 1 aromatic rings. The molecule has 1 unspecified atom stereocenters. The van der Waals surface area contributed by atoms with Gasteiger partial charge in [0.25, 0.3) is 0 Å². The average Bonchev–Trinajstić information content (AvgIpc) is 3.13. The van der Waals surface area contributed by atoms with Crippen LogP contribution in [0.1, 0.15) is 31.2 Å². The maximum absolute atomic E-state index is 6.40. The molecule has 1 aliphatic heterocycles. The summed E-state index contributed by atoms with van der Waals surface area (Å²) in [5, 5.41) is 4.42. The van der Waals surface area contributed by atoms with E-state index in [1.165, 1.54) is 36.9 Å². The van der Waals surface area contributed by atoms with Crippen molar-refractivity contribution in [1.82, 2.24) is 5.32 Å². The lowest BCUT2D eigenvalue weighted by molar-refractivity contribution is 0.116. The number of ether oxygens (including phenoxy) is 1. The summed E-state index contributed by atoms with van der Waals surface area (Å²) in [5.74, 6) is 0. The molecule has 110 valence electrons. The van der Waals surface area contributed by atoms with Crippen molar-refractivity contribution in [3.8, 4) is 0 Å². The van der Waals surface area contributed by atoms with Crippen LogP contribution >= 0.6 is 11.6 Å². The van der Waals surface area contributed by atoms with Crippen molar-refractivity contribution >= 4 is 17.3 Å². The molecule has 1 N–H and O–H groups in total. The van der Waals surface area contributed by atoms with Crippen LogP contribution in [0.5, 0.6) is 0 Å². The summed E-state index contributed by atoms with van der Waals surface area (Å²) in [4.78, 5) is 2.28. The van der Waals surface area contributed by atoms with Gasteiger partial charge >= 0.3 is 0 Å². The van der Waals surface area contributed by atoms with Crippen molar-refractivity contribution in [3.63, 3.8) is 0 Å². The average molecular weight is 295 g/mol. The zero-order chi connectivity index (χ0) is 13.9. The number of halogens is 1. The highest BCUT2D eigenvalue weighted by Gasteiger charge is 2.23. The Morgan fingerprint density at radius 1 is 1.35 bits per heavy atom. The number of anilines is 1. The van der Waals surface area contributed by atoms with E-state index < -0.39 is 0 Å². The van der Waals surface area contributed by atoms with Crippen molar-refractivity contribution < 1.29 is 4.74 Å². The lowest BCUT2D eigenvalue weighted by Crippen LogP contribution is -2.30. The third-order valence-corrected chi connectivity index (χ3v) is 4.51. The lowest BCUT2D eigenvalue weighted by atomic mass is 10.1. The van der Waals surface area contributed by atoms with Crippen LogP contribution < -0.4 is 10.2 Å². The fraction of sp³-hybridized carbons (Fsp3) is 0.625.